The van der Waals surface area contributed by atoms with Gasteiger partial charge in [-0.1, -0.05) is 11.6 Å². The molecule has 0 radical (unpaired) electrons. The molecule has 2 aromatic rings. The van der Waals surface area contributed by atoms with E-state index in [9.17, 15) is 4.79 Å². The van der Waals surface area contributed by atoms with Gasteiger partial charge in [-0.15, -0.1) is 0 Å². The molecule has 1 heterocycles. The Morgan fingerprint density at radius 2 is 2.05 bits per heavy atom. The minimum Gasteiger partial charge on any atom is -0.497 e. The van der Waals surface area contributed by atoms with Crippen LogP contribution in [0.25, 0.3) is 0 Å². The van der Waals surface area contributed by atoms with Crippen molar-refractivity contribution in [2.24, 2.45) is 0 Å². The standard InChI is InChI=1S/C14H12BrClN2O3/c1-20-9-3-4-10(12(6-9)21-2)14(19)18-11-5-8(15)7-17-13(11)16/h3-7H,1-2H3,(H,18,19). The van der Waals surface area contributed by atoms with Crippen LogP contribution in [-0.4, -0.2) is 25.1 Å². The van der Waals surface area contributed by atoms with E-state index in [2.05, 4.69) is 26.2 Å². The summed E-state index contributed by atoms with van der Waals surface area (Å²) in [7, 11) is 3.03. The molecule has 0 saturated carbocycles. The molecule has 21 heavy (non-hydrogen) atoms. The molecule has 1 aromatic carbocycles. The average Bonchev–Trinajstić information content (AvgIpc) is 2.50. The molecule has 7 heteroatoms. The number of pyridine rings is 1. The SMILES string of the molecule is COc1ccc(C(=O)Nc2cc(Br)cnc2Cl)c(OC)c1. The van der Waals surface area contributed by atoms with Gasteiger partial charge in [0.25, 0.3) is 5.91 Å². The lowest BCUT2D eigenvalue weighted by molar-refractivity contribution is 0.102. The predicted molar refractivity (Wildman–Crippen MR) is 84.4 cm³/mol. The summed E-state index contributed by atoms with van der Waals surface area (Å²) in [5.41, 5.74) is 0.781. The largest absolute Gasteiger partial charge is 0.497 e. The fourth-order valence-electron chi connectivity index (χ4n) is 1.69. The second-order valence-corrected chi connectivity index (χ2v) is 5.29. The van der Waals surface area contributed by atoms with Gasteiger partial charge in [0.15, 0.2) is 5.15 Å². The number of anilines is 1. The highest BCUT2D eigenvalue weighted by atomic mass is 79.9. The fraction of sp³-hybridized carbons (Fsp3) is 0.143. The molecule has 0 unspecified atom stereocenters. The van der Waals surface area contributed by atoms with Gasteiger partial charge in [-0.2, -0.15) is 0 Å². The third kappa shape index (κ3) is 3.65. The van der Waals surface area contributed by atoms with Crippen molar-refractivity contribution in [2.75, 3.05) is 19.5 Å². The molecule has 0 aliphatic rings. The van der Waals surface area contributed by atoms with E-state index in [0.717, 1.165) is 0 Å². The molecule has 0 saturated heterocycles. The van der Waals surface area contributed by atoms with Crippen LogP contribution in [-0.2, 0) is 0 Å². The van der Waals surface area contributed by atoms with E-state index in [1.54, 1.807) is 37.6 Å². The molecule has 2 rings (SSSR count). The molecule has 0 aliphatic heterocycles. The van der Waals surface area contributed by atoms with E-state index in [1.807, 2.05) is 0 Å². The topological polar surface area (TPSA) is 60.5 Å². The van der Waals surface area contributed by atoms with Gasteiger partial charge < -0.3 is 14.8 Å². The molecule has 5 nitrogen and oxygen atoms in total. The number of carbonyl (C=O) groups is 1. The Labute approximate surface area is 135 Å². The highest BCUT2D eigenvalue weighted by Crippen LogP contribution is 2.27. The molecule has 1 aromatic heterocycles. The number of aromatic nitrogens is 1. The molecular formula is C14H12BrClN2O3. The molecule has 0 spiro atoms. The maximum absolute atomic E-state index is 12.3. The summed E-state index contributed by atoms with van der Waals surface area (Å²) in [5, 5.41) is 2.90. The first-order chi connectivity index (χ1) is 10.0. The van der Waals surface area contributed by atoms with E-state index < -0.39 is 0 Å². The second kappa shape index (κ2) is 6.78. The first-order valence-corrected chi connectivity index (χ1v) is 7.06. The number of halogens is 2. The minimum atomic E-state index is -0.351. The van der Waals surface area contributed by atoms with Gasteiger partial charge in [-0.25, -0.2) is 4.98 Å². The van der Waals surface area contributed by atoms with Gasteiger partial charge in [0.05, 0.1) is 25.5 Å². The average molecular weight is 372 g/mol. The monoisotopic (exact) mass is 370 g/mol. The molecule has 0 aliphatic carbocycles. The maximum atomic E-state index is 12.3. The summed E-state index contributed by atoms with van der Waals surface area (Å²) in [6.45, 7) is 0. The Bertz CT molecular complexity index is 679. The van der Waals surface area contributed by atoms with Gasteiger partial charge in [0, 0.05) is 16.7 Å². The van der Waals surface area contributed by atoms with Crippen molar-refractivity contribution in [3.63, 3.8) is 0 Å². The van der Waals surface area contributed by atoms with E-state index in [4.69, 9.17) is 21.1 Å². The summed E-state index contributed by atoms with van der Waals surface area (Å²) in [6.07, 6.45) is 1.55. The van der Waals surface area contributed by atoms with Gasteiger partial charge in [-0.05, 0) is 34.1 Å². The predicted octanol–water partition coefficient (Wildman–Crippen LogP) is 3.77. The molecule has 0 atom stereocenters. The minimum absolute atomic E-state index is 0.207. The van der Waals surface area contributed by atoms with Crippen LogP contribution >= 0.6 is 27.5 Å². The van der Waals surface area contributed by atoms with Crippen molar-refractivity contribution in [3.05, 3.63) is 45.7 Å². The van der Waals surface area contributed by atoms with Crippen molar-refractivity contribution >= 4 is 39.1 Å². The molecule has 110 valence electrons. The molecule has 0 bridgehead atoms. The van der Waals surface area contributed by atoms with Gasteiger partial charge in [-0.3, -0.25) is 4.79 Å². The van der Waals surface area contributed by atoms with Crippen molar-refractivity contribution in [3.8, 4) is 11.5 Å². The molecule has 1 amide bonds. The number of methoxy groups -OCH3 is 2. The molecule has 1 N–H and O–H groups in total. The Balaban J connectivity index is 2.30. The summed E-state index contributed by atoms with van der Waals surface area (Å²) >= 11 is 9.23. The maximum Gasteiger partial charge on any atom is 0.259 e. The van der Waals surface area contributed by atoms with Crippen molar-refractivity contribution in [1.82, 2.24) is 4.98 Å². The van der Waals surface area contributed by atoms with Crippen molar-refractivity contribution in [1.29, 1.82) is 0 Å². The number of carbonyl (C=O) groups excluding carboxylic acids is 1. The van der Waals surface area contributed by atoms with Gasteiger partial charge in [0.1, 0.15) is 11.5 Å². The fourth-order valence-corrected chi connectivity index (χ4v) is 2.17. The Morgan fingerprint density at radius 3 is 2.71 bits per heavy atom. The Morgan fingerprint density at radius 1 is 1.29 bits per heavy atom. The number of hydrogen-bond donors (Lipinski definition) is 1. The lowest BCUT2D eigenvalue weighted by Crippen LogP contribution is -2.14. The summed E-state index contributed by atoms with van der Waals surface area (Å²) < 4.78 is 11.0. The first kappa shape index (κ1) is 15.6. The van der Waals surface area contributed by atoms with Crippen LogP contribution in [0.5, 0.6) is 11.5 Å². The summed E-state index contributed by atoms with van der Waals surface area (Å²) in [6, 6.07) is 6.60. The van der Waals surface area contributed by atoms with Crippen LogP contribution in [0.15, 0.2) is 34.9 Å². The zero-order chi connectivity index (χ0) is 15.4. The quantitative estimate of drug-likeness (QED) is 0.831. The first-order valence-electron chi connectivity index (χ1n) is 5.89. The lowest BCUT2D eigenvalue weighted by atomic mass is 10.1. The van der Waals surface area contributed by atoms with Crippen LogP contribution in [0.2, 0.25) is 5.15 Å². The third-order valence-corrected chi connectivity index (χ3v) is 3.44. The molecular weight excluding hydrogens is 360 g/mol. The van der Waals surface area contributed by atoms with Crippen LogP contribution in [0.3, 0.4) is 0 Å². The van der Waals surface area contributed by atoms with Crippen LogP contribution in [0.4, 0.5) is 5.69 Å². The zero-order valence-electron chi connectivity index (χ0n) is 11.3. The summed E-state index contributed by atoms with van der Waals surface area (Å²) in [5.74, 6) is 0.660. The number of hydrogen-bond acceptors (Lipinski definition) is 4. The lowest BCUT2D eigenvalue weighted by Gasteiger charge is -2.11. The Hall–Kier alpha value is -1.79. The van der Waals surface area contributed by atoms with Gasteiger partial charge in [0.2, 0.25) is 0 Å². The van der Waals surface area contributed by atoms with E-state index >= 15 is 0 Å². The van der Waals surface area contributed by atoms with E-state index in [0.29, 0.717) is 27.2 Å². The van der Waals surface area contributed by atoms with Crippen molar-refractivity contribution < 1.29 is 14.3 Å². The number of ether oxygens (including phenoxy) is 2. The zero-order valence-corrected chi connectivity index (χ0v) is 13.7. The third-order valence-electron chi connectivity index (χ3n) is 2.71. The molecule has 0 fully saturated rings. The van der Waals surface area contributed by atoms with Gasteiger partial charge >= 0.3 is 0 Å². The van der Waals surface area contributed by atoms with Crippen LogP contribution < -0.4 is 14.8 Å². The Kier molecular flexibility index (Phi) is 5.03. The van der Waals surface area contributed by atoms with Crippen molar-refractivity contribution in [2.45, 2.75) is 0 Å². The smallest absolute Gasteiger partial charge is 0.259 e. The number of rotatable bonds is 4. The summed E-state index contributed by atoms with van der Waals surface area (Å²) in [4.78, 5) is 16.3. The number of nitrogens with zero attached hydrogens (tertiary/aromatic N) is 1. The van der Waals surface area contributed by atoms with Crippen LogP contribution in [0.1, 0.15) is 10.4 Å². The number of amides is 1. The normalized spacial score (nSPS) is 10.1. The van der Waals surface area contributed by atoms with E-state index in [-0.39, 0.29) is 11.1 Å². The van der Waals surface area contributed by atoms with E-state index in [1.165, 1.54) is 7.11 Å². The van der Waals surface area contributed by atoms with Crippen LogP contribution in [0, 0.1) is 0 Å². The number of benzene rings is 1. The highest BCUT2D eigenvalue weighted by molar-refractivity contribution is 9.10. The second-order valence-electron chi connectivity index (χ2n) is 4.01. The number of nitrogens with one attached hydrogen (secondary N) is 1. The highest BCUT2D eigenvalue weighted by Gasteiger charge is 2.15.